The molecule has 2 N–H and O–H groups in total. The van der Waals surface area contributed by atoms with Crippen LogP contribution >= 0.6 is 0 Å². The van der Waals surface area contributed by atoms with Crippen molar-refractivity contribution in [1.82, 2.24) is 0 Å². The summed E-state index contributed by atoms with van der Waals surface area (Å²) in [7, 11) is 0. The molecule has 0 unspecified atom stereocenters. The summed E-state index contributed by atoms with van der Waals surface area (Å²) in [5.41, 5.74) is 6.40. The molecule has 0 aromatic carbocycles. The molecule has 0 aromatic heterocycles. The van der Waals surface area contributed by atoms with Crippen LogP contribution in [-0.2, 0) is 0 Å². The highest BCUT2D eigenvalue weighted by Gasteiger charge is 2.48. The Kier molecular flexibility index (Phi) is 2.31. The summed E-state index contributed by atoms with van der Waals surface area (Å²) in [4.78, 5) is 0. The van der Waals surface area contributed by atoms with Gasteiger partial charge in [-0.1, -0.05) is 32.1 Å². The lowest BCUT2D eigenvalue weighted by Gasteiger charge is -2.37. The van der Waals surface area contributed by atoms with E-state index in [4.69, 9.17) is 5.73 Å². The van der Waals surface area contributed by atoms with Crippen molar-refractivity contribution in [3.05, 3.63) is 0 Å². The number of fused-ring (bicyclic) bond motifs is 2. The molecule has 0 aromatic rings. The Morgan fingerprint density at radius 1 is 0.714 bits per heavy atom. The number of nitrogens with two attached hydrogens (primary N) is 1. The first-order valence-electron chi connectivity index (χ1n) is 6.62. The van der Waals surface area contributed by atoms with Gasteiger partial charge in [-0.05, 0) is 42.9 Å². The Bertz CT molecular complexity index is 205. The fourth-order valence-electron chi connectivity index (χ4n) is 4.60. The summed E-state index contributed by atoms with van der Waals surface area (Å²) in [5.74, 6) is 3.87. The standard InChI is InChI=1S/C13H23N/c14-13-11-7-6-10(8-11)12(13)9-4-2-1-3-5-9/h9-13H,1-8,14H2/t10-,11+,12-,13-/m1/s1. The Labute approximate surface area is 87.4 Å². The molecule has 3 fully saturated rings. The molecule has 4 atom stereocenters. The third kappa shape index (κ3) is 1.32. The molecule has 3 saturated carbocycles. The zero-order chi connectivity index (χ0) is 9.54. The van der Waals surface area contributed by atoms with Crippen LogP contribution in [0.15, 0.2) is 0 Å². The SMILES string of the molecule is N[C@@H]1[C@H]2CC[C@H](C2)[C@H]1C1CCCCC1. The van der Waals surface area contributed by atoms with Crippen LogP contribution in [0, 0.1) is 23.7 Å². The lowest BCUT2D eigenvalue weighted by molar-refractivity contribution is 0.158. The highest BCUT2D eigenvalue weighted by Crippen LogP contribution is 2.52. The van der Waals surface area contributed by atoms with Crippen LogP contribution in [0.4, 0.5) is 0 Å². The molecule has 1 heteroatoms. The van der Waals surface area contributed by atoms with Crippen molar-refractivity contribution in [2.45, 2.75) is 57.4 Å². The molecule has 0 aliphatic heterocycles. The van der Waals surface area contributed by atoms with Crippen LogP contribution in [0.25, 0.3) is 0 Å². The van der Waals surface area contributed by atoms with E-state index < -0.39 is 0 Å². The fraction of sp³-hybridized carbons (Fsp3) is 1.00. The first-order chi connectivity index (χ1) is 6.86. The van der Waals surface area contributed by atoms with Gasteiger partial charge in [0.2, 0.25) is 0 Å². The maximum absolute atomic E-state index is 6.40. The monoisotopic (exact) mass is 193 g/mol. The minimum absolute atomic E-state index is 0.580. The van der Waals surface area contributed by atoms with Crippen molar-refractivity contribution >= 4 is 0 Å². The molecule has 14 heavy (non-hydrogen) atoms. The molecule has 80 valence electrons. The van der Waals surface area contributed by atoms with Gasteiger partial charge in [-0.15, -0.1) is 0 Å². The van der Waals surface area contributed by atoms with Gasteiger partial charge in [-0.2, -0.15) is 0 Å². The Morgan fingerprint density at radius 3 is 2.07 bits per heavy atom. The van der Waals surface area contributed by atoms with Crippen LogP contribution in [0.3, 0.4) is 0 Å². The second kappa shape index (κ2) is 3.52. The van der Waals surface area contributed by atoms with Crippen molar-refractivity contribution < 1.29 is 0 Å². The van der Waals surface area contributed by atoms with E-state index in [0.717, 1.165) is 23.7 Å². The molecule has 3 aliphatic rings. The van der Waals surface area contributed by atoms with Crippen molar-refractivity contribution in [2.24, 2.45) is 29.4 Å². The zero-order valence-corrected chi connectivity index (χ0v) is 9.12. The second-order valence-electron chi connectivity index (χ2n) is 5.89. The van der Waals surface area contributed by atoms with Gasteiger partial charge in [-0.3, -0.25) is 0 Å². The number of rotatable bonds is 1. The molecular formula is C13H23N. The van der Waals surface area contributed by atoms with Crippen LogP contribution in [0.5, 0.6) is 0 Å². The van der Waals surface area contributed by atoms with Crippen molar-refractivity contribution in [2.75, 3.05) is 0 Å². The predicted octanol–water partition coefficient (Wildman–Crippen LogP) is 2.94. The lowest BCUT2D eigenvalue weighted by Crippen LogP contribution is -2.40. The smallest absolute Gasteiger partial charge is 0.0101 e. The first kappa shape index (κ1) is 9.21. The van der Waals surface area contributed by atoms with E-state index in [0.29, 0.717) is 6.04 Å². The van der Waals surface area contributed by atoms with E-state index in [1.54, 1.807) is 0 Å². The summed E-state index contributed by atoms with van der Waals surface area (Å²) < 4.78 is 0. The highest BCUT2D eigenvalue weighted by molar-refractivity contribution is 5.01. The molecule has 0 amide bonds. The average Bonchev–Trinajstić information content (AvgIpc) is 2.79. The molecule has 3 aliphatic carbocycles. The molecule has 0 heterocycles. The molecule has 1 nitrogen and oxygen atoms in total. The van der Waals surface area contributed by atoms with Crippen LogP contribution < -0.4 is 5.73 Å². The van der Waals surface area contributed by atoms with Gasteiger partial charge in [-0.25, -0.2) is 0 Å². The Morgan fingerprint density at radius 2 is 1.43 bits per heavy atom. The van der Waals surface area contributed by atoms with Gasteiger partial charge < -0.3 is 5.73 Å². The van der Waals surface area contributed by atoms with Gasteiger partial charge in [0.25, 0.3) is 0 Å². The third-order valence-corrected chi connectivity index (χ3v) is 5.24. The van der Waals surface area contributed by atoms with Crippen LogP contribution in [0.1, 0.15) is 51.4 Å². The number of hydrogen-bond acceptors (Lipinski definition) is 1. The van der Waals surface area contributed by atoms with Gasteiger partial charge in [0.05, 0.1) is 0 Å². The van der Waals surface area contributed by atoms with Crippen molar-refractivity contribution in [3.63, 3.8) is 0 Å². The van der Waals surface area contributed by atoms with Gasteiger partial charge in [0.15, 0.2) is 0 Å². The summed E-state index contributed by atoms with van der Waals surface area (Å²) >= 11 is 0. The quantitative estimate of drug-likeness (QED) is 0.681. The summed E-state index contributed by atoms with van der Waals surface area (Å²) in [6.07, 6.45) is 11.8. The van der Waals surface area contributed by atoms with Crippen LogP contribution in [0.2, 0.25) is 0 Å². The average molecular weight is 193 g/mol. The van der Waals surface area contributed by atoms with E-state index in [9.17, 15) is 0 Å². The minimum atomic E-state index is 0.580. The van der Waals surface area contributed by atoms with Crippen molar-refractivity contribution in [1.29, 1.82) is 0 Å². The van der Waals surface area contributed by atoms with Gasteiger partial charge in [0, 0.05) is 6.04 Å². The van der Waals surface area contributed by atoms with E-state index in [1.807, 2.05) is 0 Å². The molecule has 2 bridgehead atoms. The van der Waals surface area contributed by atoms with Crippen LogP contribution in [-0.4, -0.2) is 6.04 Å². The molecule has 0 spiro atoms. The molecule has 0 saturated heterocycles. The normalized spacial score (nSPS) is 48.6. The van der Waals surface area contributed by atoms with Gasteiger partial charge >= 0.3 is 0 Å². The summed E-state index contributed by atoms with van der Waals surface area (Å²) in [6.45, 7) is 0. The fourth-order valence-corrected chi connectivity index (χ4v) is 4.60. The predicted molar refractivity (Wildman–Crippen MR) is 58.9 cm³/mol. The Hall–Kier alpha value is -0.0400. The molecular weight excluding hydrogens is 170 g/mol. The lowest BCUT2D eigenvalue weighted by atomic mass is 9.71. The molecule has 0 radical (unpaired) electrons. The van der Waals surface area contributed by atoms with E-state index in [-0.39, 0.29) is 0 Å². The molecule has 3 rings (SSSR count). The largest absolute Gasteiger partial charge is 0.327 e. The zero-order valence-electron chi connectivity index (χ0n) is 9.12. The second-order valence-corrected chi connectivity index (χ2v) is 5.89. The third-order valence-electron chi connectivity index (χ3n) is 5.24. The number of hydrogen-bond donors (Lipinski definition) is 1. The highest BCUT2D eigenvalue weighted by atomic mass is 14.7. The topological polar surface area (TPSA) is 26.0 Å². The maximum atomic E-state index is 6.40. The van der Waals surface area contributed by atoms with Crippen molar-refractivity contribution in [3.8, 4) is 0 Å². The maximum Gasteiger partial charge on any atom is 0.0101 e. The van der Waals surface area contributed by atoms with E-state index in [2.05, 4.69) is 0 Å². The first-order valence-corrected chi connectivity index (χ1v) is 6.62. The Balaban J connectivity index is 1.71. The summed E-state index contributed by atoms with van der Waals surface area (Å²) in [6, 6.07) is 0.580. The van der Waals surface area contributed by atoms with E-state index >= 15 is 0 Å². The minimum Gasteiger partial charge on any atom is -0.327 e. The summed E-state index contributed by atoms with van der Waals surface area (Å²) in [5, 5.41) is 0. The van der Waals surface area contributed by atoms with E-state index in [1.165, 1.54) is 51.4 Å². The van der Waals surface area contributed by atoms with Gasteiger partial charge in [0.1, 0.15) is 0 Å².